The molecular formula is C23H20Cl2F3N5O4S. The van der Waals surface area contributed by atoms with Gasteiger partial charge in [-0.25, -0.2) is 13.2 Å². The third-order valence-electron chi connectivity index (χ3n) is 5.58. The first-order chi connectivity index (χ1) is 18.1. The number of carbonyl (C=O) groups is 2. The minimum absolute atomic E-state index is 0.0110. The predicted octanol–water partition coefficient (Wildman–Crippen LogP) is 3.86. The number of halogens is 5. The number of benzene rings is 1. The fourth-order valence-electron chi connectivity index (χ4n) is 3.61. The molecule has 2 aromatic heterocycles. The fourth-order valence-corrected chi connectivity index (χ4v) is 4.71. The maximum Gasteiger partial charge on any atom is 0.272 e. The SMILES string of the molecule is Cc1nnsc1C(=O)NC1(C(=O)NCCc2ncc(-c3cc(Cl)cc(Cl)c3OCC(F)F)cc2F)COC1. The van der Waals surface area contributed by atoms with Crippen molar-refractivity contribution in [1.82, 2.24) is 25.2 Å². The molecule has 9 nitrogen and oxygen atoms in total. The van der Waals surface area contributed by atoms with Gasteiger partial charge in [0.2, 0.25) is 0 Å². The zero-order valence-corrected chi connectivity index (χ0v) is 22.0. The third kappa shape index (κ3) is 6.17. The highest BCUT2D eigenvalue weighted by Crippen LogP contribution is 2.39. The number of alkyl halides is 2. The molecular weight excluding hydrogens is 570 g/mol. The van der Waals surface area contributed by atoms with Gasteiger partial charge in [0.25, 0.3) is 18.2 Å². The number of amides is 2. The van der Waals surface area contributed by atoms with Crippen molar-refractivity contribution in [1.29, 1.82) is 0 Å². The predicted molar refractivity (Wildman–Crippen MR) is 134 cm³/mol. The molecule has 1 aliphatic heterocycles. The molecule has 1 aromatic carbocycles. The van der Waals surface area contributed by atoms with Gasteiger partial charge in [0.05, 0.1) is 29.6 Å². The maximum absolute atomic E-state index is 14.9. The lowest BCUT2D eigenvalue weighted by Crippen LogP contribution is -2.70. The first kappa shape index (κ1) is 28.0. The summed E-state index contributed by atoms with van der Waals surface area (Å²) in [5.74, 6) is -1.75. The number of hydrogen-bond acceptors (Lipinski definition) is 8. The topological polar surface area (TPSA) is 115 Å². The lowest BCUT2D eigenvalue weighted by Gasteiger charge is -2.40. The molecule has 4 rings (SSSR count). The number of nitrogens with zero attached hydrogens (tertiary/aromatic N) is 3. The van der Waals surface area contributed by atoms with Gasteiger partial charge in [0, 0.05) is 35.3 Å². The van der Waals surface area contributed by atoms with Crippen LogP contribution in [0.5, 0.6) is 5.75 Å². The van der Waals surface area contributed by atoms with Gasteiger partial charge in [-0.15, -0.1) is 5.10 Å². The summed E-state index contributed by atoms with van der Waals surface area (Å²) >= 11 is 13.1. The second-order valence-electron chi connectivity index (χ2n) is 8.34. The number of carbonyl (C=O) groups excluding carboxylic acids is 2. The first-order valence-electron chi connectivity index (χ1n) is 11.1. The molecule has 0 atom stereocenters. The van der Waals surface area contributed by atoms with Crippen LogP contribution in [0.1, 0.15) is 21.1 Å². The second kappa shape index (κ2) is 11.8. The Bertz CT molecular complexity index is 1360. The van der Waals surface area contributed by atoms with Crippen LogP contribution in [-0.4, -0.2) is 64.7 Å². The number of aryl methyl sites for hydroxylation is 1. The summed E-state index contributed by atoms with van der Waals surface area (Å²) in [4.78, 5) is 29.8. The quantitative estimate of drug-likeness (QED) is 0.369. The number of rotatable bonds is 10. The van der Waals surface area contributed by atoms with Crippen LogP contribution in [0.2, 0.25) is 10.0 Å². The largest absolute Gasteiger partial charge is 0.485 e. The molecule has 2 N–H and O–H groups in total. The van der Waals surface area contributed by atoms with E-state index in [2.05, 4.69) is 25.2 Å². The first-order valence-corrected chi connectivity index (χ1v) is 12.6. The van der Waals surface area contributed by atoms with Crippen LogP contribution >= 0.6 is 34.7 Å². The Labute approximate surface area is 228 Å². The van der Waals surface area contributed by atoms with Crippen molar-refractivity contribution in [2.24, 2.45) is 0 Å². The minimum Gasteiger partial charge on any atom is -0.485 e. The molecule has 0 unspecified atom stereocenters. The van der Waals surface area contributed by atoms with Crippen molar-refractivity contribution < 1.29 is 32.2 Å². The second-order valence-corrected chi connectivity index (χ2v) is 9.94. The Morgan fingerprint density at radius 3 is 2.63 bits per heavy atom. The summed E-state index contributed by atoms with van der Waals surface area (Å²) in [6, 6.07) is 3.88. The molecule has 1 fully saturated rings. The molecule has 2 amide bonds. The molecule has 0 saturated carbocycles. The van der Waals surface area contributed by atoms with Crippen molar-refractivity contribution in [2.45, 2.75) is 25.3 Å². The fraction of sp³-hybridized carbons (Fsp3) is 0.348. The lowest BCUT2D eigenvalue weighted by atomic mass is 9.95. The van der Waals surface area contributed by atoms with E-state index in [-0.39, 0.29) is 58.8 Å². The normalized spacial score (nSPS) is 14.2. The van der Waals surface area contributed by atoms with Crippen molar-refractivity contribution in [3.05, 3.63) is 56.5 Å². The highest BCUT2D eigenvalue weighted by molar-refractivity contribution is 7.08. The molecule has 3 heterocycles. The van der Waals surface area contributed by atoms with Crippen molar-refractivity contribution >= 4 is 46.5 Å². The molecule has 0 bridgehead atoms. The number of pyridine rings is 1. The van der Waals surface area contributed by atoms with Crippen LogP contribution in [0.15, 0.2) is 24.4 Å². The van der Waals surface area contributed by atoms with Crippen LogP contribution < -0.4 is 15.4 Å². The highest BCUT2D eigenvalue weighted by atomic mass is 35.5. The van der Waals surface area contributed by atoms with E-state index in [0.29, 0.717) is 10.6 Å². The van der Waals surface area contributed by atoms with Crippen LogP contribution in [0.25, 0.3) is 11.1 Å². The molecule has 15 heteroatoms. The molecule has 38 heavy (non-hydrogen) atoms. The smallest absolute Gasteiger partial charge is 0.272 e. The Kier molecular flexibility index (Phi) is 8.71. The summed E-state index contributed by atoms with van der Waals surface area (Å²) in [5.41, 5.74) is -0.356. The van der Waals surface area contributed by atoms with Gasteiger partial charge in [-0.3, -0.25) is 14.6 Å². The van der Waals surface area contributed by atoms with Gasteiger partial charge in [0.15, 0.2) is 5.54 Å². The van der Waals surface area contributed by atoms with Gasteiger partial charge < -0.3 is 20.1 Å². The Morgan fingerprint density at radius 2 is 2.03 bits per heavy atom. The van der Waals surface area contributed by atoms with Crippen molar-refractivity contribution in [2.75, 3.05) is 26.4 Å². The van der Waals surface area contributed by atoms with Gasteiger partial charge in [-0.05, 0) is 36.7 Å². The average Bonchev–Trinajstić information content (AvgIpc) is 3.27. The molecule has 202 valence electrons. The van der Waals surface area contributed by atoms with E-state index in [4.69, 9.17) is 32.7 Å². The highest BCUT2D eigenvalue weighted by Gasteiger charge is 2.47. The van der Waals surface area contributed by atoms with Crippen LogP contribution in [-0.2, 0) is 16.0 Å². The third-order valence-corrected chi connectivity index (χ3v) is 6.91. The lowest BCUT2D eigenvalue weighted by molar-refractivity contribution is -0.146. The number of hydrogen-bond donors (Lipinski definition) is 2. The van der Waals surface area contributed by atoms with Crippen LogP contribution in [0.3, 0.4) is 0 Å². The van der Waals surface area contributed by atoms with Crippen LogP contribution in [0.4, 0.5) is 13.2 Å². The van der Waals surface area contributed by atoms with Crippen molar-refractivity contribution in [3.63, 3.8) is 0 Å². The summed E-state index contributed by atoms with van der Waals surface area (Å²) in [6.07, 6.45) is -1.38. The maximum atomic E-state index is 14.9. The van der Waals surface area contributed by atoms with E-state index in [0.717, 1.165) is 17.6 Å². The summed E-state index contributed by atoms with van der Waals surface area (Å²) in [5, 5.41) is 9.32. The number of nitrogens with one attached hydrogen (secondary N) is 2. The summed E-state index contributed by atoms with van der Waals surface area (Å²) < 4.78 is 54.2. The van der Waals surface area contributed by atoms with Gasteiger partial charge in [-0.2, -0.15) is 0 Å². The molecule has 1 saturated heterocycles. The Balaban J connectivity index is 1.41. The molecule has 0 radical (unpaired) electrons. The Morgan fingerprint density at radius 1 is 1.26 bits per heavy atom. The zero-order chi connectivity index (χ0) is 27.4. The van der Waals surface area contributed by atoms with E-state index in [1.807, 2.05) is 0 Å². The Hall–Kier alpha value is -3.00. The number of ether oxygens (including phenoxy) is 2. The van der Waals surface area contributed by atoms with E-state index in [1.165, 1.54) is 18.3 Å². The van der Waals surface area contributed by atoms with E-state index < -0.39 is 36.2 Å². The van der Waals surface area contributed by atoms with Gasteiger partial charge in [0.1, 0.15) is 23.1 Å². The minimum atomic E-state index is -2.74. The molecule has 3 aromatic rings. The average molecular weight is 590 g/mol. The zero-order valence-electron chi connectivity index (χ0n) is 19.7. The molecule has 1 aliphatic rings. The molecule has 0 spiro atoms. The summed E-state index contributed by atoms with van der Waals surface area (Å²) in [7, 11) is 0. The van der Waals surface area contributed by atoms with Crippen molar-refractivity contribution in [3.8, 4) is 16.9 Å². The monoisotopic (exact) mass is 589 g/mol. The summed E-state index contributed by atoms with van der Waals surface area (Å²) in [6.45, 7) is 0.709. The van der Waals surface area contributed by atoms with Crippen LogP contribution in [0, 0.1) is 12.7 Å². The van der Waals surface area contributed by atoms with Gasteiger partial charge in [-0.1, -0.05) is 27.7 Å². The molecule has 0 aliphatic carbocycles. The van der Waals surface area contributed by atoms with E-state index in [1.54, 1.807) is 6.92 Å². The van der Waals surface area contributed by atoms with E-state index in [9.17, 15) is 22.8 Å². The van der Waals surface area contributed by atoms with E-state index >= 15 is 0 Å². The standard InChI is InChI=1S/C23H20Cl2F3N5O4S/c1-11-20(38-33-32-11)21(34)31-23(9-36-10-23)22(35)29-3-2-17-16(26)4-12(7-30-17)14-5-13(24)6-15(25)19(14)37-8-18(27)28/h4-7,18H,2-3,8-10H2,1H3,(H,29,35)(H,31,34). The van der Waals surface area contributed by atoms with Gasteiger partial charge >= 0.3 is 0 Å². The number of aromatic nitrogens is 3.